The number of nitrogens with zero attached hydrogens (tertiary/aromatic N) is 2. The molecule has 0 amide bonds. The molecule has 0 radical (unpaired) electrons. The number of benzene rings is 1. The Kier molecular flexibility index (Phi) is 12.2. The van der Waals surface area contributed by atoms with Crippen molar-refractivity contribution in [1.82, 2.24) is 9.88 Å². The van der Waals surface area contributed by atoms with Crippen LogP contribution < -0.4 is 15.6 Å². The number of carbonyl (C=O) groups excluding carboxylic acids is 1. The van der Waals surface area contributed by atoms with Crippen LogP contribution in [0.3, 0.4) is 0 Å². The predicted molar refractivity (Wildman–Crippen MR) is 180 cm³/mol. The summed E-state index contributed by atoms with van der Waals surface area (Å²) in [7, 11) is 0. The summed E-state index contributed by atoms with van der Waals surface area (Å²) >= 11 is 0. The summed E-state index contributed by atoms with van der Waals surface area (Å²) in [6.45, 7) is 13.8. The lowest BCUT2D eigenvalue weighted by molar-refractivity contribution is 0.0546. The molecule has 1 saturated heterocycles. The Hall–Kier alpha value is -3.45. The van der Waals surface area contributed by atoms with Crippen molar-refractivity contribution in [2.75, 3.05) is 37.7 Å². The molecule has 1 aliphatic carbocycles. The summed E-state index contributed by atoms with van der Waals surface area (Å²) in [5, 5.41) is 3.51. The van der Waals surface area contributed by atoms with Crippen LogP contribution in [0.4, 0.5) is 10.1 Å². The average molecular weight is 604 g/mol. The van der Waals surface area contributed by atoms with Crippen LogP contribution in [0.15, 0.2) is 69.7 Å². The third-order valence-electron chi connectivity index (χ3n) is 8.52. The van der Waals surface area contributed by atoms with Gasteiger partial charge in [0.1, 0.15) is 18.0 Å². The van der Waals surface area contributed by atoms with Crippen molar-refractivity contribution >= 4 is 22.6 Å². The van der Waals surface area contributed by atoms with Gasteiger partial charge in [-0.25, -0.2) is 9.18 Å². The van der Waals surface area contributed by atoms with Crippen molar-refractivity contribution in [1.29, 1.82) is 0 Å². The highest BCUT2D eigenvalue weighted by molar-refractivity contribution is 5.94. The van der Waals surface area contributed by atoms with Gasteiger partial charge in [-0.3, -0.25) is 4.79 Å². The van der Waals surface area contributed by atoms with Gasteiger partial charge in [-0.15, -0.1) is 0 Å². The molecule has 2 aromatic rings. The van der Waals surface area contributed by atoms with E-state index in [1.807, 2.05) is 22.5 Å². The molecule has 7 heteroatoms. The Labute approximate surface area is 262 Å². The number of nitrogens with one attached hydrogen (secondary N) is 1. The molecule has 0 atom stereocenters. The largest absolute Gasteiger partial charge is 0.458 e. The maximum atomic E-state index is 15.2. The second kappa shape index (κ2) is 16.0. The molecular formula is C37H50FN3O3. The molecule has 0 spiro atoms. The zero-order chi connectivity index (χ0) is 31.6. The number of esters is 1. The monoisotopic (exact) mass is 603 g/mol. The molecule has 2 fully saturated rings. The number of pyridine rings is 1. The number of hydrogen-bond acceptors (Lipinski definition) is 5. The normalized spacial score (nSPS) is 16.4. The number of hydrogen-bond donors (Lipinski definition) is 1. The first-order valence-corrected chi connectivity index (χ1v) is 16.3. The Bertz CT molecular complexity index is 1500. The summed E-state index contributed by atoms with van der Waals surface area (Å²) in [6, 6.07) is 3.28. The van der Waals surface area contributed by atoms with Gasteiger partial charge in [-0.2, -0.15) is 0 Å². The van der Waals surface area contributed by atoms with E-state index in [0.717, 1.165) is 70.0 Å². The number of allylic oxidation sites excluding steroid dienone is 7. The van der Waals surface area contributed by atoms with Crippen molar-refractivity contribution < 1.29 is 13.9 Å². The fourth-order valence-corrected chi connectivity index (χ4v) is 5.63. The zero-order valence-corrected chi connectivity index (χ0v) is 27.3. The highest BCUT2D eigenvalue weighted by atomic mass is 19.1. The number of rotatable bonds is 14. The first kappa shape index (κ1) is 33.4. The second-order valence-corrected chi connectivity index (χ2v) is 12.7. The maximum absolute atomic E-state index is 15.2. The highest BCUT2D eigenvalue weighted by Crippen LogP contribution is 2.38. The molecule has 6 nitrogen and oxygen atoms in total. The Morgan fingerprint density at radius 3 is 2.09 bits per heavy atom. The maximum Gasteiger partial charge on any atom is 0.343 e. The fourth-order valence-electron chi connectivity index (χ4n) is 5.63. The van der Waals surface area contributed by atoms with E-state index in [1.54, 1.807) is 12.3 Å². The van der Waals surface area contributed by atoms with Gasteiger partial charge in [0.15, 0.2) is 0 Å². The van der Waals surface area contributed by atoms with E-state index in [1.165, 1.54) is 22.8 Å². The van der Waals surface area contributed by atoms with Crippen LogP contribution in [0.25, 0.3) is 10.9 Å². The number of halogens is 1. The molecule has 44 heavy (non-hydrogen) atoms. The molecule has 2 aliphatic rings. The van der Waals surface area contributed by atoms with Crippen LogP contribution in [0.1, 0.15) is 102 Å². The van der Waals surface area contributed by atoms with Crippen LogP contribution in [-0.4, -0.2) is 43.3 Å². The lowest BCUT2D eigenvalue weighted by Gasteiger charge is -2.30. The van der Waals surface area contributed by atoms with Crippen LogP contribution in [0.2, 0.25) is 0 Å². The van der Waals surface area contributed by atoms with E-state index in [0.29, 0.717) is 24.3 Å². The van der Waals surface area contributed by atoms with Gasteiger partial charge in [0.2, 0.25) is 5.43 Å². The number of fused-ring (bicyclic) bond motifs is 1. The third kappa shape index (κ3) is 9.52. The SMILES string of the molecule is CC(C)=CCCC(C)=CCCC(C)=CCCC(C)=CCOC(=O)c1cn(C2CC2)c2cc(N3CCNCC3)c(F)cc2c1=O. The standard InChI is InChI=1S/C37H50FN3O3/c1-26(2)9-6-10-27(3)11-7-12-28(4)13-8-14-29(5)17-22-44-37(43)32-25-41(30-15-16-30)34-24-35(40-20-18-39-19-21-40)33(38)23-31(34)36(32)42/h9,11,13,17,23-25,30,39H,6-8,10,12,14-16,18-22H2,1-5H3. The first-order valence-electron chi connectivity index (χ1n) is 16.3. The Balaban J connectivity index is 1.32. The van der Waals surface area contributed by atoms with Gasteiger partial charge in [-0.05, 0) is 104 Å². The molecule has 1 saturated carbocycles. The average Bonchev–Trinajstić information content (AvgIpc) is 3.83. The topological polar surface area (TPSA) is 63.6 Å². The Morgan fingerprint density at radius 1 is 0.909 bits per heavy atom. The Morgan fingerprint density at radius 2 is 1.50 bits per heavy atom. The summed E-state index contributed by atoms with van der Waals surface area (Å²) in [5.41, 5.74) is 6.01. The number of aromatic nitrogens is 1. The van der Waals surface area contributed by atoms with E-state index in [-0.39, 0.29) is 23.6 Å². The van der Waals surface area contributed by atoms with Gasteiger partial charge in [0.05, 0.1) is 11.2 Å². The van der Waals surface area contributed by atoms with Crippen LogP contribution in [-0.2, 0) is 4.74 Å². The molecule has 0 unspecified atom stereocenters. The minimum atomic E-state index is -0.665. The summed E-state index contributed by atoms with van der Waals surface area (Å²) in [4.78, 5) is 28.4. The molecule has 1 aromatic carbocycles. The predicted octanol–water partition coefficient (Wildman–Crippen LogP) is 8.19. The molecule has 238 valence electrons. The number of ether oxygens (including phenoxy) is 1. The van der Waals surface area contributed by atoms with Crippen molar-refractivity contribution in [2.24, 2.45) is 0 Å². The molecular weight excluding hydrogens is 553 g/mol. The summed E-state index contributed by atoms with van der Waals surface area (Å²) in [5.74, 6) is -1.10. The van der Waals surface area contributed by atoms with E-state index in [2.05, 4.69) is 51.2 Å². The van der Waals surface area contributed by atoms with Crippen molar-refractivity contribution in [3.8, 4) is 0 Å². The van der Waals surface area contributed by atoms with Crippen molar-refractivity contribution in [2.45, 2.75) is 92.0 Å². The molecule has 0 bridgehead atoms. The highest BCUT2D eigenvalue weighted by Gasteiger charge is 2.28. The minimum Gasteiger partial charge on any atom is -0.458 e. The summed E-state index contributed by atoms with van der Waals surface area (Å²) in [6.07, 6.45) is 18.6. The van der Waals surface area contributed by atoms with E-state index in [9.17, 15) is 9.59 Å². The molecule has 1 aromatic heterocycles. The van der Waals surface area contributed by atoms with E-state index >= 15 is 4.39 Å². The quantitative estimate of drug-likeness (QED) is 0.174. The van der Waals surface area contributed by atoms with Gasteiger partial charge in [0.25, 0.3) is 0 Å². The van der Waals surface area contributed by atoms with Crippen LogP contribution in [0, 0.1) is 5.82 Å². The molecule has 1 N–H and O–H groups in total. The summed E-state index contributed by atoms with van der Waals surface area (Å²) < 4.78 is 22.7. The fraction of sp³-hybridized carbons (Fsp3) is 0.514. The smallest absolute Gasteiger partial charge is 0.343 e. The first-order chi connectivity index (χ1) is 21.1. The molecule has 2 heterocycles. The van der Waals surface area contributed by atoms with Crippen molar-refractivity contribution in [3.63, 3.8) is 0 Å². The van der Waals surface area contributed by atoms with Gasteiger partial charge in [0, 0.05) is 43.8 Å². The zero-order valence-electron chi connectivity index (χ0n) is 27.3. The molecule has 4 rings (SSSR count). The van der Waals surface area contributed by atoms with E-state index in [4.69, 9.17) is 4.74 Å². The minimum absolute atomic E-state index is 0.0374. The lowest BCUT2D eigenvalue weighted by Crippen LogP contribution is -2.43. The molecule has 1 aliphatic heterocycles. The van der Waals surface area contributed by atoms with E-state index < -0.39 is 17.2 Å². The number of carbonyl (C=O) groups is 1. The third-order valence-corrected chi connectivity index (χ3v) is 8.52. The van der Waals surface area contributed by atoms with Crippen LogP contribution in [0.5, 0.6) is 0 Å². The van der Waals surface area contributed by atoms with Gasteiger partial charge < -0.3 is 19.5 Å². The number of piperazine rings is 1. The van der Waals surface area contributed by atoms with Gasteiger partial charge in [-0.1, -0.05) is 40.5 Å². The number of anilines is 1. The lowest BCUT2D eigenvalue weighted by atomic mass is 10.0. The van der Waals surface area contributed by atoms with Crippen LogP contribution >= 0.6 is 0 Å². The van der Waals surface area contributed by atoms with Gasteiger partial charge >= 0.3 is 5.97 Å². The van der Waals surface area contributed by atoms with Crippen molar-refractivity contribution in [3.05, 3.63) is 86.5 Å². The second-order valence-electron chi connectivity index (χ2n) is 12.7.